The molecule has 1 aliphatic heterocycles. The Kier molecular flexibility index (Phi) is 4.78. The highest BCUT2D eigenvalue weighted by Crippen LogP contribution is 2.32. The number of hydrogen-bond donors (Lipinski definition) is 0. The van der Waals surface area contributed by atoms with Gasteiger partial charge in [0.1, 0.15) is 0 Å². The van der Waals surface area contributed by atoms with Gasteiger partial charge in [0.2, 0.25) is 10.0 Å². The maximum atomic E-state index is 12.4. The van der Waals surface area contributed by atoms with Gasteiger partial charge < -0.3 is 0 Å². The molecule has 0 amide bonds. The third kappa shape index (κ3) is 3.48. The van der Waals surface area contributed by atoms with Crippen molar-refractivity contribution in [1.82, 2.24) is 9.21 Å². The number of benzene rings is 1. The Hall–Kier alpha value is -0.620. The monoisotopic (exact) mass is 342 g/mol. The lowest BCUT2D eigenvalue weighted by Crippen LogP contribution is -2.49. The molecular weight excluding hydrogens is 320 g/mol. The smallest absolute Gasteiger partial charge is 0.217 e. The highest BCUT2D eigenvalue weighted by molar-refractivity contribution is 7.90. The highest BCUT2D eigenvalue weighted by Gasteiger charge is 2.41. The molecule has 1 heterocycles. The topological polar surface area (TPSA) is 40.6 Å². The van der Waals surface area contributed by atoms with Gasteiger partial charge in [-0.3, -0.25) is 4.90 Å². The Balaban J connectivity index is 1.65. The van der Waals surface area contributed by atoms with Gasteiger partial charge in [-0.05, 0) is 43.9 Å². The molecule has 122 valence electrons. The van der Waals surface area contributed by atoms with Crippen LogP contribution in [-0.4, -0.2) is 49.1 Å². The first-order valence-electron chi connectivity index (χ1n) is 7.91. The molecule has 4 nitrogen and oxygen atoms in total. The van der Waals surface area contributed by atoms with Crippen LogP contribution in [0.4, 0.5) is 0 Å². The number of hydrogen-bond acceptors (Lipinski definition) is 3. The molecule has 1 atom stereocenters. The second kappa shape index (κ2) is 6.48. The van der Waals surface area contributed by atoms with Crippen LogP contribution in [0.5, 0.6) is 0 Å². The average molecular weight is 343 g/mol. The van der Waals surface area contributed by atoms with Gasteiger partial charge in [-0.1, -0.05) is 29.8 Å². The predicted molar refractivity (Wildman–Crippen MR) is 89.5 cm³/mol. The van der Waals surface area contributed by atoms with Crippen LogP contribution in [0.25, 0.3) is 0 Å². The molecule has 1 aliphatic carbocycles. The van der Waals surface area contributed by atoms with Gasteiger partial charge in [0, 0.05) is 31.2 Å². The molecule has 3 rings (SSSR count). The number of nitrogens with zero attached hydrogens (tertiary/aromatic N) is 2. The number of likely N-dealkylation sites (N-methyl/N-ethyl adjacent to an activating group) is 1. The van der Waals surface area contributed by atoms with E-state index in [-0.39, 0.29) is 11.3 Å². The van der Waals surface area contributed by atoms with Crippen LogP contribution in [-0.2, 0) is 16.6 Å². The van der Waals surface area contributed by atoms with Gasteiger partial charge in [-0.25, -0.2) is 12.7 Å². The van der Waals surface area contributed by atoms with Crippen molar-refractivity contribution in [3.8, 4) is 0 Å². The minimum atomic E-state index is -3.09. The van der Waals surface area contributed by atoms with Crippen LogP contribution in [0, 0.1) is 0 Å². The lowest BCUT2D eigenvalue weighted by atomic mass is 10.0. The molecule has 2 fully saturated rings. The summed E-state index contributed by atoms with van der Waals surface area (Å²) < 4.78 is 26.4. The van der Waals surface area contributed by atoms with Crippen LogP contribution < -0.4 is 0 Å². The van der Waals surface area contributed by atoms with Crippen molar-refractivity contribution in [1.29, 1.82) is 0 Å². The maximum Gasteiger partial charge on any atom is 0.217 e. The molecule has 1 saturated carbocycles. The van der Waals surface area contributed by atoms with Crippen LogP contribution in [0.1, 0.15) is 31.2 Å². The maximum absolute atomic E-state index is 12.4. The predicted octanol–water partition coefficient (Wildman–Crippen LogP) is 2.73. The van der Waals surface area contributed by atoms with E-state index in [9.17, 15) is 8.42 Å². The molecule has 22 heavy (non-hydrogen) atoms. The van der Waals surface area contributed by atoms with E-state index in [1.54, 1.807) is 11.4 Å². The van der Waals surface area contributed by atoms with Crippen molar-refractivity contribution in [2.75, 3.05) is 20.1 Å². The molecule has 1 unspecified atom stereocenters. The Morgan fingerprint density at radius 2 is 2.00 bits per heavy atom. The summed E-state index contributed by atoms with van der Waals surface area (Å²) in [7, 11) is -1.34. The molecule has 1 aromatic rings. The zero-order valence-electron chi connectivity index (χ0n) is 12.9. The van der Waals surface area contributed by atoms with Crippen LogP contribution in [0.2, 0.25) is 5.02 Å². The van der Waals surface area contributed by atoms with E-state index >= 15 is 0 Å². The number of sulfonamides is 1. The molecule has 1 saturated heterocycles. The SMILES string of the molecule is CN(C1CCCN(Cc2ccccc2Cl)C1)S(=O)(=O)C1CC1. The van der Waals surface area contributed by atoms with E-state index in [2.05, 4.69) is 4.90 Å². The molecule has 2 aliphatic rings. The third-order valence-corrected chi connectivity index (χ3v) is 7.48. The summed E-state index contributed by atoms with van der Waals surface area (Å²) in [4.78, 5) is 2.31. The fourth-order valence-corrected chi connectivity index (χ4v) is 5.13. The van der Waals surface area contributed by atoms with E-state index in [4.69, 9.17) is 11.6 Å². The fraction of sp³-hybridized carbons (Fsp3) is 0.625. The van der Waals surface area contributed by atoms with E-state index < -0.39 is 10.0 Å². The Bertz CT molecular complexity index is 631. The minimum Gasteiger partial charge on any atom is -0.297 e. The first-order valence-corrected chi connectivity index (χ1v) is 9.79. The zero-order valence-corrected chi connectivity index (χ0v) is 14.5. The Labute approximate surface area is 138 Å². The van der Waals surface area contributed by atoms with Crippen LogP contribution >= 0.6 is 11.6 Å². The second-order valence-corrected chi connectivity index (χ2v) is 9.06. The summed E-state index contributed by atoms with van der Waals surface area (Å²) in [5, 5.41) is 0.653. The molecule has 0 radical (unpaired) electrons. The summed E-state index contributed by atoms with van der Waals surface area (Å²) in [6, 6.07) is 7.95. The number of piperidine rings is 1. The van der Waals surface area contributed by atoms with Gasteiger partial charge in [0.25, 0.3) is 0 Å². The number of halogens is 1. The number of rotatable bonds is 5. The first kappa shape index (κ1) is 16.2. The van der Waals surface area contributed by atoms with Crippen molar-refractivity contribution >= 4 is 21.6 Å². The molecule has 0 spiro atoms. The van der Waals surface area contributed by atoms with Gasteiger partial charge in [-0.2, -0.15) is 0 Å². The van der Waals surface area contributed by atoms with Crippen molar-refractivity contribution in [3.05, 3.63) is 34.9 Å². The van der Waals surface area contributed by atoms with E-state index in [0.717, 1.165) is 55.9 Å². The summed E-state index contributed by atoms with van der Waals surface area (Å²) >= 11 is 6.23. The van der Waals surface area contributed by atoms with Gasteiger partial charge in [-0.15, -0.1) is 0 Å². The quantitative estimate of drug-likeness (QED) is 0.826. The number of likely N-dealkylation sites (tertiary alicyclic amines) is 1. The molecule has 6 heteroatoms. The summed E-state index contributed by atoms with van der Waals surface area (Å²) in [6.07, 6.45) is 3.62. The third-order valence-electron chi connectivity index (χ3n) is 4.69. The average Bonchev–Trinajstić information content (AvgIpc) is 3.34. The van der Waals surface area contributed by atoms with E-state index in [1.165, 1.54) is 0 Å². The van der Waals surface area contributed by atoms with Gasteiger partial charge in [0.05, 0.1) is 5.25 Å². The molecule has 0 N–H and O–H groups in total. The molecular formula is C16H23ClN2O2S. The van der Waals surface area contributed by atoms with Crippen molar-refractivity contribution in [2.24, 2.45) is 0 Å². The first-order chi connectivity index (χ1) is 10.5. The molecule has 0 aromatic heterocycles. The van der Waals surface area contributed by atoms with Gasteiger partial charge >= 0.3 is 0 Å². The Morgan fingerprint density at radius 1 is 1.27 bits per heavy atom. The summed E-state index contributed by atoms with van der Waals surface area (Å²) in [5.74, 6) is 0. The van der Waals surface area contributed by atoms with Crippen molar-refractivity contribution in [3.63, 3.8) is 0 Å². The standard InChI is InChI=1S/C16H23ClN2O2S/c1-18(22(20,21)15-8-9-15)14-6-4-10-19(12-14)11-13-5-2-3-7-16(13)17/h2-3,5,7,14-15H,4,6,8-12H2,1H3. The molecule has 1 aromatic carbocycles. The van der Waals surface area contributed by atoms with E-state index in [1.807, 2.05) is 24.3 Å². The van der Waals surface area contributed by atoms with Gasteiger partial charge in [0.15, 0.2) is 0 Å². The normalized spacial score (nSPS) is 23.9. The Morgan fingerprint density at radius 3 is 2.68 bits per heavy atom. The van der Waals surface area contributed by atoms with Crippen LogP contribution in [0.3, 0.4) is 0 Å². The molecule has 0 bridgehead atoms. The van der Waals surface area contributed by atoms with Crippen molar-refractivity contribution in [2.45, 2.75) is 43.5 Å². The second-order valence-electron chi connectivity index (χ2n) is 6.38. The minimum absolute atomic E-state index is 0.0850. The summed E-state index contributed by atoms with van der Waals surface area (Å²) in [5.41, 5.74) is 1.11. The summed E-state index contributed by atoms with van der Waals surface area (Å²) in [6.45, 7) is 2.57. The highest BCUT2D eigenvalue weighted by atomic mass is 35.5. The lowest BCUT2D eigenvalue weighted by molar-refractivity contribution is 0.153. The van der Waals surface area contributed by atoms with E-state index in [0.29, 0.717) is 0 Å². The largest absolute Gasteiger partial charge is 0.297 e. The lowest BCUT2D eigenvalue weighted by Gasteiger charge is -2.37. The van der Waals surface area contributed by atoms with Crippen LogP contribution in [0.15, 0.2) is 24.3 Å². The fourth-order valence-electron chi connectivity index (χ4n) is 3.15. The van der Waals surface area contributed by atoms with Crippen molar-refractivity contribution < 1.29 is 8.42 Å². The zero-order chi connectivity index (χ0) is 15.7.